The van der Waals surface area contributed by atoms with Gasteiger partial charge in [0, 0.05) is 25.3 Å². The number of carbonyl (C=O) groups is 1. The highest BCUT2D eigenvalue weighted by Gasteiger charge is 2.37. The van der Waals surface area contributed by atoms with Crippen LogP contribution in [0.25, 0.3) is 0 Å². The summed E-state index contributed by atoms with van der Waals surface area (Å²) in [5.74, 6) is -0.613. The van der Waals surface area contributed by atoms with Crippen molar-refractivity contribution in [2.75, 3.05) is 25.1 Å². The molecule has 0 atom stereocenters. The molecule has 0 aliphatic carbocycles. The maximum Gasteiger partial charge on any atom is 0.573 e. The molecule has 0 unspecified atom stereocenters. The summed E-state index contributed by atoms with van der Waals surface area (Å²) < 4.78 is 127. The van der Waals surface area contributed by atoms with Crippen molar-refractivity contribution in [3.8, 4) is 5.75 Å². The first-order valence-electron chi connectivity index (χ1n) is 11.7. The number of hydrogen-bond donors (Lipinski definition) is 0. The van der Waals surface area contributed by atoms with Gasteiger partial charge in [-0.3, -0.25) is 4.90 Å². The lowest BCUT2D eigenvalue weighted by molar-refractivity contribution is -0.274. The number of nitrogens with zero attached hydrogens (tertiary/aromatic N) is 2. The highest BCUT2D eigenvalue weighted by molar-refractivity contribution is 5.68. The first-order chi connectivity index (χ1) is 18.0. The van der Waals surface area contributed by atoms with Crippen LogP contribution in [0.4, 0.5) is 50.0 Å². The zero-order valence-electron chi connectivity index (χ0n) is 21.2. The molecule has 2 aromatic carbocycles. The Kier molecular flexibility index (Phi) is 10.4. The Morgan fingerprint density at radius 1 is 0.795 bits per heavy atom. The highest BCUT2D eigenvalue weighted by atomic mass is 19.4. The molecule has 0 heterocycles. The van der Waals surface area contributed by atoms with Gasteiger partial charge in [0.25, 0.3) is 0 Å². The number of carbonyl (C=O) groups excluding carboxylic acids is 1. The minimum Gasteiger partial charge on any atom is -0.453 e. The quantitative estimate of drug-likeness (QED) is 0.270. The number of rotatable bonds is 10. The van der Waals surface area contributed by atoms with Crippen LogP contribution in [-0.2, 0) is 30.2 Å². The van der Waals surface area contributed by atoms with Gasteiger partial charge in [-0.2, -0.15) is 26.3 Å². The van der Waals surface area contributed by atoms with Crippen LogP contribution in [0, 0.1) is 0 Å². The third-order valence-electron chi connectivity index (χ3n) is 5.43. The molecule has 0 saturated heterocycles. The fourth-order valence-electron chi connectivity index (χ4n) is 3.94. The average molecular weight is 574 g/mol. The summed E-state index contributed by atoms with van der Waals surface area (Å²) in [5.41, 5.74) is -3.12. The molecule has 2 rings (SSSR count). The van der Waals surface area contributed by atoms with Crippen molar-refractivity contribution in [2.24, 2.45) is 0 Å². The van der Waals surface area contributed by atoms with Crippen LogP contribution in [0.2, 0.25) is 0 Å². The van der Waals surface area contributed by atoms with Gasteiger partial charge < -0.3 is 14.4 Å². The smallest absolute Gasteiger partial charge is 0.453 e. The molecule has 0 aliphatic rings. The van der Waals surface area contributed by atoms with Crippen LogP contribution in [0.5, 0.6) is 5.75 Å². The number of ether oxygens (including phenoxy) is 2. The fourth-order valence-corrected chi connectivity index (χ4v) is 3.94. The van der Waals surface area contributed by atoms with E-state index in [1.54, 1.807) is 0 Å². The summed E-state index contributed by atoms with van der Waals surface area (Å²) in [5, 5.41) is 0. The van der Waals surface area contributed by atoms with E-state index in [-0.39, 0.29) is 11.6 Å². The van der Waals surface area contributed by atoms with Gasteiger partial charge in [-0.15, -0.1) is 13.2 Å². The van der Waals surface area contributed by atoms with Crippen molar-refractivity contribution in [3.63, 3.8) is 0 Å². The molecule has 0 bridgehead atoms. The molecule has 0 aliphatic heterocycles. The number of methoxy groups -OCH3 is 1. The predicted molar refractivity (Wildman–Crippen MR) is 124 cm³/mol. The number of benzene rings is 2. The Labute approximate surface area is 219 Å². The van der Waals surface area contributed by atoms with Gasteiger partial charge in [0.05, 0.1) is 24.8 Å². The molecule has 1 amide bonds. The normalized spacial score (nSPS) is 12.3. The van der Waals surface area contributed by atoms with Gasteiger partial charge in [0.1, 0.15) is 5.75 Å². The highest BCUT2D eigenvalue weighted by Crippen LogP contribution is 2.37. The lowest BCUT2D eigenvalue weighted by atomic mass is 10.0. The second-order valence-electron chi connectivity index (χ2n) is 8.57. The predicted octanol–water partition coefficient (Wildman–Crippen LogP) is 8.02. The largest absolute Gasteiger partial charge is 0.573 e. The van der Waals surface area contributed by atoms with Crippen LogP contribution in [-0.4, -0.2) is 37.6 Å². The van der Waals surface area contributed by atoms with E-state index >= 15 is 0 Å². The van der Waals surface area contributed by atoms with E-state index in [2.05, 4.69) is 9.47 Å². The molecular weight excluding hydrogens is 547 g/mol. The van der Waals surface area contributed by atoms with Gasteiger partial charge in [-0.05, 0) is 60.4 Å². The number of hydrogen-bond acceptors (Lipinski definition) is 4. The van der Waals surface area contributed by atoms with Crippen LogP contribution >= 0.6 is 0 Å². The number of anilines is 1. The van der Waals surface area contributed by atoms with E-state index in [0.29, 0.717) is 43.8 Å². The van der Waals surface area contributed by atoms with Crippen molar-refractivity contribution in [3.05, 3.63) is 58.7 Å². The number of halogens is 9. The fraction of sp³-hybridized carbons (Fsp3) is 0.480. The minimum absolute atomic E-state index is 0.0462. The van der Waals surface area contributed by atoms with Gasteiger partial charge >= 0.3 is 24.8 Å². The van der Waals surface area contributed by atoms with Gasteiger partial charge in [-0.25, -0.2) is 4.79 Å². The molecule has 0 N–H and O–H groups in total. The van der Waals surface area contributed by atoms with Gasteiger partial charge in [0.2, 0.25) is 0 Å². The lowest BCUT2D eigenvalue weighted by Crippen LogP contribution is -2.32. The summed E-state index contributed by atoms with van der Waals surface area (Å²) in [7, 11) is 0.952. The van der Waals surface area contributed by atoms with E-state index in [0.717, 1.165) is 24.1 Å². The second kappa shape index (κ2) is 12.7. The van der Waals surface area contributed by atoms with Crippen LogP contribution < -0.4 is 9.64 Å². The maximum atomic E-state index is 13.3. The van der Waals surface area contributed by atoms with Gasteiger partial charge in [0.15, 0.2) is 0 Å². The summed E-state index contributed by atoms with van der Waals surface area (Å²) in [6.07, 6.45) is -15.0. The molecule has 5 nitrogen and oxygen atoms in total. The second-order valence-corrected chi connectivity index (χ2v) is 8.57. The van der Waals surface area contributed by atoms with Crippen LogP contribution in [0.1, 0.15) is 48.9 Å². The Morgan fingerprint density at radius 2 is 1.33 bits per heavy atom. The van der Waals surface area contributed by atoms with Crippen LogP contribution in [0.15, 0.2) is 36.4 Å². The molecule has 0 spiro atoms. The number of amides is 1. The van der Waals surface area contributed by atoms with Crippen molar-refractivity contribution in [1.29, 1.82) is 0 Å². The first-order valence-corrected chi connectivity index (χ1v) is 11.7. The molecule has 0 radical (unpaired) electrons. The molecule has 2 aromatic rings. The summed E-state index contributed by atoms with van der Waals surface area (Å²) in [6, 6.07) is 4.34. The maximum absolute atomic E-state index is 13.3. The molecule has 0 aromatic heterocycles. The van der Waals surface area contributed by atoms with E-state index in [4.69, 9.17) is 0 Å². The third kappa shape index (κ3) is 9.43. The Morgan fingerprint density at radius 3 is 1.77 bits per heavy atom. The molecule has 218 valence electrons. The van der Waals surface area contributed by atoms with Crippen molar-refractivity contribution in [1.82, 2.24) is 4.90 Å². The molecule has 39 heavy (non-hydrogen) atoms. The topological polar surface area (TPSA) is 42.0 Å². The third-order valence-corrected chi connectivity index (χ3v) is 5.43. The Bertz CT molecular complexity index is 1080. The molecular formula is C25H27F9N2O3. The van der Waals surface area contributed by atoms with Crippen LogP contribution in [0.3, 0.4) is 0 Å². The average Bonchev–Trinajstić information content (AvgIpc) is 2.81. The van der Waals surface area contributed by atoms with Gasteiger partial charge in [-0.1, -0.05) is 13.8 Å². The zero-order valence-corrected chi connectivity index (χ0v) is 21.2. The van der Waals surface area contributed by atoms with Crippen molar-refractivity contribution in [2.45, 2.75) is 58.5 Å². The molecule has 0 saturated carbocycles. The van der Waals surface area contributed by atoms with Crippen molar-refractivity contribution < 1.29 is 53.8 Å². The Hall–Kier alpha value is -3.32. The molecule has 14 heteroatoms. The summed E-state index contributed by atoms with van der Waals surface area (Å²) in [6.45, 7) is 3.46. The molecule has 0 fully saturated rings. The van der Waals surface area contributed by atoms with E-state index in [1.807, 2.05) is 18.7 Å². The van der Waals surface area contributed by atoms with E-state index in [1.165, 1.54) is 6.07 Å². The monoisotopic (exact) mass is 574 g/mol. The first kappa shape index (κ1) is 31.9. The van der Waals surface area contributed by atoms with E-state index < -0.39 is 60.3 Å². The number of alkyl halides is 9. The SMILES string of the molecule is CCCN(CCC)c1ccc(OC(F)(F)F)cc1CN(Cc1cc(C(F)(F)F)cc(C(F)(F)F)c1)C(=O)OC. The Balaban J connectivity index is 2.60. The zero-order chi connectivity index (χ0) is 29.6. The standard InChI is InChI=1S/C25H27F9N2O3/c1-4-8-35(9-5-2)21-7-6-20(39-25(32,33)34)12-17(21)15-36(22(37)38-3)14-16-10-18(23(26,27)28)13-19(11-16)24(29,30)31/h6-7,10-13H,4-5,8-9,14-15H2,1-3H3. The lowest BCUT2D eigenvalue weighted by Gasteiger charge is -2.29. The van der Waals surface area contributed by atoms with Crippen molar-refractivity contribution >= 4 is 11.8 Å². The summed E-state index contributed by atoms with van der Waals surface area (Å²) >= 11 is 0. The summed E-state index contributed by atoms with van der Waals surface area (Å²) in [4.78, 5) is 15.2. The minimum atomic E-state index is -5.11. The van der Waals surface area contributed by atoms with E-state index in [9.17, 15) is 44.3 Å².